The lowest BCUT2D eigenvalue weighted by molar-refractivity contribution is 1.18. The predicted molar refractivity (Wildman–Crippen MR) is 202 cm³/mol. The molecule has 2 aromatic heterocycles. The van der Waals surface area contributed by atoms with Crippen LogP contribution in [0.15, 0.2) is 170 Å². The van der Waals surface area contributed by atoms with Gasteiger partial charge >= 0.3 is 0 Å². The average molecular weight is 633 g/mol. The van der Waals surface area contributed by atoms with Crippen molar-refractivity contribution >= 4 is 82.1 Å². The second kappa shape index (κ2) is 11.0. The SMILES string of the molecule is N#Cc1ccc2c(c1)c1ccccc1n2-c1cccc([Si](c2ccccc2)(c2ccccc2)c2cccc3c2sc2ccccc23)c1. The van der Waals surface area contributed by atoms with Crippen LogP contribution in [0.2, 0.25) is 0 Å². The number of rotatable bonds is 5. The van der Waals surface area contributed by atoms with Crippen molar-refractivity contribution in [1.29, 1.82) is 5.26 Å². The zero-order valence-electron chi connectivity index (χ0n) is 25.5. The van der Waals surface area contributed by atoms with Crippen LogP contribution in [0.1, 0.15) is 5.56 Å². The summed E-state index contributed by atoms with van der Waals surface area (Å²) in [5.41, 5.74) is 4.02. The molecule has 0 unspecified atom stereocenters. The van der Waals surface area contributed by atoms with Crippen molar-refractivity contribution in [3.63, 3.8) is 0 Å². The summed E-state index contributed by atoms with van der Waals surface area (Å²) >= 11 is 1.91. The van der Waals surface area contributed by atoms with Crippen molar-refractivity contribution in [3.05, 3.63) is 175 Å². The van der Waals surface area contributed by atoms with Crippen molar-refractivity contribution in [2.45, 2.75) is 0 Å². The van der Waals surface area contributed by atoms with E-state index in [0.29, 0.717) is 5.56 Å². The molecule has 0 fully saturated rings. The first-order chi connectivity index (χ1) is 23.3. The van der Waals surface area contributed by atoms with Crippen LogP contribution in [0.3, 0.4) is 0 Å². The summed E-state index contributed by atoms with van der Waals surface area (Å²) in [6.07, 6.45) is 0. The molecule has 0 aliphatic carbocycles. The van der Waals surface area contributed by atoms with E-state index in [9.17, 15) is 5.26 Å². The van der Waals surface area contributed by atoms with Crippen LogP contribution in [-0.4, -0.2) is 12.6 Å². The van der Waals surface area contributed by atoms with Gasteiger partial charge in [-0.2, -0.15) is 5.26 Å². The highest BCUT2D eigenvalue weighted by atomic mass is 32.1. The molecule has 220 valence electrons. The first-order valence-corrected chi connectivity index (χ1v) is 18.6. The molecule has 2 heterocycles. The van der Waals surface area contributed by atoms with E-state index >= 15 is 0 Å². The van der Waals surface area contributed by atoms with Gasteiger partial charge in [-0.25, -0.2) is 0 Å². The fourth-order valence-electron chi connectivity index (χ4n) is 7.58. The van der Waals surface area contributed by atoms with Gasteiger partial charge in [0.05, 0.1) is 22.7 Å². The molecule has 9 rings (SSSR count). The Morgan fingerprint density at radius 2 is 1.11 bits per heavy atom. The number of hydrogen-bond acceptors (Lipinski definition) is 2. The first-order valence-electron chi connectivity index (χ1n) is 15.8. The van der Waals surface area contributed by atoms with Crippen LogP contribution in [0.25, 0.3) is 47.7 Å². The van der Waals surface area contributed by atoms with E-state index < -0.39 is 8.07 Å². The molecule has 2 nitrogen and oxygen atoms in total. The summed E-state index contributed by atoms with van der Waals surface area (Å²) in [5, 5.41) is 20.0. The second-order valence-electron chi connectivity index (χ2n) is 12.0. The lowest BCUT2D eigenvalue weighted by atomic mass is 10.1. The zero-order chi connectivity index (χ0) is 31.4. The quantitative estimate of drug-likeness (QED) is 0.138. The van der Waals surface area contributed by atoms with Gasteiger partial charge in [-0.05, 0) is 63.2 Å². The molecule has 47 heavy (non-hydrogen) atoms. The van der Waals surface area contributed by atoms with Crippen molar-refractivity contribution in [3.8, 4) is 11.8 Å². The summed E-state index contributed by atoms with van der Waals surface area (Å²) in [6.45, 7) is 0. The standard InChI is InChI=1S/C43H28N2SSi/c44-29-30-25-26-40-38(27-30)35-19-7-9-22-39(35)45(40)31-13-11-18-34(28-31)47(32-14-3-1-4-15-32,33-16-5-2-6-17-33)42-24-12-21-37-36-20-8-10-23-41(36)46-43(37)42/h1-28H. The van der Waals surface area contributed by atoms with Crippen molar-refractivity contribution < 1.29 is 0 Å². The summed E-state index contributed by atoms with van der Waals surface area (Å²) in [6, 6.07) is 64.2. The molecule has 7 aromatic carbocycles. The third-order valence-electron chi connectivity index (χ3n) is 9.56. The largest absolute Gasteiger partial charge is 0.309 e. The van der Waals surface area contributed by atoms with Crippen LogP contribution in [-0.2, 0) is 0 Å². The van der Waals surface area contributed by atoms with Crippen LogP contribution in [0, 0.1) is 11.3 Å². The Labute approximate surface area is 278 Å². The number of nitrogens with zero attached hydrogens (tertiary/aromatic N) is 2. The molecule has 0 aliphatic rings. The first kappa shape index (κ1) is 27.6. The Balaban J connectivity index is 1.41. The molecular formula is C43H28N2SSi. The second-order valence-corrected chi connectivity index (χ2v) is 16.8. The van der Waals surface area contributed by atoms with E-state index in [4.69, 9.17) is 0 Å². The number of thiophene rings is 1. The number of fused-ring (bicyclic) bond motifs is 6. The molecule has 0 amide bonds. The molecule has 0 spiro atoms. The van der Waals surface area contributed by atoms with Gasteiger partial charge in [-0.3, -0.25) is 0 Å². The smallest absolute Gasteiger partial charge is 0.181 e. The van der Waals surface area contributed by atoms with E-state index in [1.807, 2.05) is 23.5 Å². The number of benzene rings is 7. The minimum absolute atomic E-state index is 0.671. The third-order valence-corrected chi connectivity index (χ3v) is 15.8. The van der Waals surface area contributed by atoms with Gasteiger partial charge in [0.1, 0.15) is 0 Å². The van der Waals surface area contributed by atoms with Gasteiger partial charge < -0.3 is 4.57 Å². The summed E-state index contributed by atoms with van der Waals surface area (Å²) in [5.74, 6) is 0. The monoisotopic (exact) mass is 632 g/mol. The topological polar surface area (TPSA) is 28.7 Å². The molecule has 0 saturated heterocycles. The predicted octanol–water partition coefficient (Wildman–Crippen LogP) is 8.40. The Kier molecular flexibility index (Phi) is 6.43. The maximum atomic E-state index is 9.71. The third kappa shape index (κ3) is 4.15. The normalized spacial score (nSPS) is 11.8. The van der Waals surface area contributed by atoms with Gasteiger partial charge in [-0.15, -0.1) is 11.3 Å². The molecule has 0 N–H and O–H groups in total. The van der Waals surface area contributed by atoms with E-state index in [-0.39, 0.29) is 0 Å². The Morgan fingerprint density at radius 3 is 1.87 bits per heavy atom. The average Bonchev–Trinajstić information content (AvgIpc) is 3.69. The number of hydrogen-bond donors (Lipinski definition) is 0. The van der Waals surface area contributed by atoms with Crippen molar-refractivity contribution in [2.75, 3.05) is 0 Å². The van der Waals surface area contributed by atoms with E-state index in [2.05, 4.69) is 168 Å². The summed E-state index contributed by atoms with van der Waals surface area (Å²) in [7, 11) is -2.87. The van der Waals surface area contributed by atoms with Gasteiger partial charge in [0, 0.05) is 36.6 Å². The minimum atomic E-state index is -2.87. The van der Waals surface area contributed by atoms with Gasteiger partial charge in [-0.1, -0.05) is 127 Å². The van der Waals surface area contributed by atoms with Crippen LogP contribution < -0.4 is 20.7 Å². The molecule has 9 aromatic rings. The fourth-order valence-corrected chi connectivity index (χ4v) is 14.2. The van der Waals surface area contributed by atoms with Crippen LogP contribution in [0.4, 0.5) is 0 Å². The molecule has 0 bridgehead atoms. The van der Waals surface area contributed by atoms with Crippen molar-refractivity contribution in [1.82, 2.24) is 4.57 Å². The van der Waals surface area contributed by atoms with Gasteiger partial charge in [0.25, 0.3) is 0 Å². The molecular weight excluding hydrogens is 605 g/mol. The highest BCUT2D eigenvalue weighted by Crippen LogP contribution is 2.35. The van der Waals surface area contributed by atoms with Gasteiger partial charge in [0.2, 0.25) is 0 Å². The van der Waals surface area contributed by atoms with E-state index in [1.165, 1.54) is 40.9 Å². The Hall–Kier alpha value is -5.73. The van der Waals surface area contributed by atoms with Crippen LogP contribution >= 0.6 is 11.3 Å². The number of para-hydroxylation sites is 1. The highest BCUT2D eigenvalue weighted by Gasteiger charge is 2.43. The molecule has 0 radical (unpaired) electrons. The number of nitriles is 1. The molecule has 4 heteroatoms. The van der Waals surface area contributed by atoms with Crippen molar-refractivity contribution in [2.24, 2.45) is 0 Å². The highest BCUT2D eigenvalue weighted by molar-refractivity contribution is 7.30. The summed E-state index contributed by atoms with van der Waals surface area (Å²) < 4.78 is 5.04. The molecule has 0 atom stereocenters. The Morgan fingerprint density at radius 1 is 0.489 bits per heavy atom. The van der Waals surface area contributed by atoms with E-state index in [1.54, 1.807) is 0 Å². The van der Waals surface area contributed by atoms with E-state index in [0.717, 1.165) is 27.5 Å². The molecule has 0 saturated carbocycles. The molecule has 0 aliphatic heterocycles. The van der Waals surface area contributed by atoms with Crippen LogP contribution in [0.5, 0.6) is 0 Å². The maximum absolute atomic E-state index is 9.71. The minimum Gasteiger partial charge on any atom is -0.309 e. The van der Waals surface area contributed by atoms with Gasteiger partial charge in [0.15, 0.2) is 8.07 Å². The lowest BCUT2D eigenvalue weighted by Gasteiger charge is -2.35. The fraction of sp³-hybridized carbons (Fsp3) is 0. The Bertz CT molecular complexity index is 2610. The zero-order valence-corrected chi connectivity index (χ0v) is 27.3. The lowest BCUT2D eigenvalue weighted by Crippen LogP contribution is -2.74. The number of aromatic nitrogens is 1. The summed E-state index contributed by atoms with van der Waals surface area (Å²) in [4.78, 5) is 0. The maximum Gasteiger partial charge on any atom is 0.181 e.